The number of carbonyl (C=O) groups excluding carboxylic acids is 2. The van der Waals surface area contributed by atoms with Gasteiger partial charge in [0.15, 0.2) is 0 Å². The van der Waals surface area contributed by atoms with E-state index in [-0.39, 0.29) is 18.9 Å². The molecule has 1 unspecified atom stereocenters. The number of primary amides is 1. The monoisotopic (exact) mass is 286 g/mol. The van der Waals surface area contributed by atoms with E-state index in [9.17, 15) is 9.59 Å². The molecular formula is C15H18N4O2. The Labute approximate surface area is 122 Å². The highest BCUT2D eigenvalue weighted by Crippen LogP contribution is 2.30. The van der Waals surface area contributed by atoms with Crippen LogP contribution in [0.3, 0.4) is 0 Å². The number of hydrogen-bond acceptors (Lipinski definition) is 3. The molecule has 0 bridgehead atoms. The molecule has 5 N–H and O–H groups in total. The molecule has 6 heteroatoms. The second-order valence-corrected chi connectivity index (χ2v) is 5.31. The summed E-state index contributed by atoms with van der Waals surface area (Å²) in [4.78, 5) is 28.8. The Hall–Kier alpha value is -2.34. The molecule has 1 aromatic heterocycles. The number of aromatic nitrogens is 1. The van der Waals surface area contributed by atoms with E-state index in [0.29, 0.717) is 13.0 Å². The molecule has 2 aromatic rings. The van der Waals surface area contributed by atoms with Crippen LogP contribution in [0.1, 0.15) is 17.7 Å². The van der Waals surface area contributed by atoms with Crippen LogP contribution < -0.4 is 11.5 Å². The molecule has 0 aliphatic carbocycles. The lowest BCUT2D eigenvalue weighted by Crippen LogP contribution is -2.51. The molecule has 1 atom stereocenters. The van der Waals surface area contributed by atoms with Gasteiger partial charge in [-0.1, -0.05) is 18.2 Å². The van der Waals surface area contributed by atoms with E-state index in [4.69, 9.17) is 11.5 Å². The van der Waals surface area contributed by atoms with Crippen LogP contribution in [0.4, 0.5) is 0 Å². The summed E-state index contributed by atoms with van der Waals surface area (Å²) in [7, 11) is 0. The van der Waals surface area contributed by atoms with Gasteiger partial charge < -0.3 is 21.4 Å². The number of nitrogens with two attached hydrogens (primary N) is 2. The van der Waals surface area contributed by atoms with Crippen molar-refractivity contribution in [2.45, 2.75) is 25.4 Å². The van der Waals surface area contributed by atoms with Crippen molar-refractivity contribution in [1.82, 2.24) is 9.88 Å². The molecule has 0 spiro atoms. The molecular weight excluding hydrogens is 268 g/mol. The molecule has 0 saturated carbocycles. The van der Waals surface area contributed by atoms with Gasteiger partial charge in [0.2, 0.25) is 11.8 Å². The number of H-pyrrole nitrogens is 1. The maximum absolute atomic E-state index is 12.2. The van der Waals surface area contributed by atoms with Gasteiger partial charge in [0.1, 0.15) is 6.04 Å². The van der Waals surface area contributed by atoms with Crippen molar-refractivity contribution < 1.29 is 9.59 Å². The summed E-state index contributed by atoms with van der Waals surface area (Å²) in [6.45, 7) is 0.636. The van der Waals surface area contributed by atoms with E-state index in [0.717, 1.165) is 22.2 Å². The van der Waals surface area contributed by atoms with Crippen molar-refractivity contribution in [3.63, 3.8) is 0 Å². The quantitative estimate of drug-likeness (QED) is 0.753. The van der Waals surface area contributed by atoms with Crippen molar-refractivity contribution in [3.05, 3.63) is 35.5 Å². The minimum Gasteiger partial charge on any atom is -0.368 e. The van der Waals surface area contributed by atoms with Gasteiger partial charge in [-0.15, -0.1) is 0 Å². The Morgan fingerprint density at radius 2 is 2.10 bits per heavy atom. The molecule has 3 rings (SSSR count). The maximum atomic E-state index is 12.2. The highest BCUT2D eigenvalue weighted by Gasteiger charge is 2.34. The fraction of sp³-hybridized carbons (Fsp3) is 0.333. The van der Waals surface area contributed by atoms with Crippen molar-refractivity contribution in [2.75, 3.05) is 6.54 Å². The summed E-state index contributed by atoms with van der Waals surface area (Å²) in [6, 6.07) is 7.31. The third kappa shape index (κ3) is 2.27. The first kappa shape index (κ1) is 13.6. The van der Waals surface area contributed by atoms with Crippen LogP contribution in [0.2, 0.25) is 0 Å². The van der Waals surface area contributed by atoms with Crippen LogP contribution in [0.25, 0.3) is 10.9 Å². The third-order valence-electron chi connectivity index (χ3n) is 4.01. The van der Waals surface area contributed by atoms with E-state index in [1.54, 1.807) is 0 Å². The Morgan fingerprint density at radius 3 is 2.81 bits per heavy atom. The van der Waals surface area contributed by atoms with Crippen LogP contribution in [-0.4, -0.2) is 34.3 Å². The number of fused-ring (bicyclic) bond motifs is 3. The lowest BCUT2D eigenvalue weighted by atomic mass is 9.96. The molecule has 1 aliphatic heterocycles. The number of rotatable bonds is 3. The predicted octanol–water partition coefficient (Wildman–Crippen LogP) is 0.255. The summed E-state index contributed by atoms with van der Waals surface area (Å²) in [5, 5.41) is 1.09. The molecule has 0 radical (unpaired) electrons. The first-order valence-electron chi connectivity index (χ1n) is 6.99. The van der Waals surface area contributed by atoms with Crippen LogP contribution in [0.15, 0.2) is 24.3 Å². The Kier molecular flexibility index (Phi) is 3.39. The number of para-hydroxylation sites is 1. The molecule has 1 aromatic carbocycles. The zero-order valence-electron chi connectivity index (χ0n) is 11.6. The van der Waals surface area contributed by atoms with Crippen molar-refractivity contribution in [1.29, 1.82) is 0 Å². The van der Waals surface area contributed by atoms with E-state index in [2.05, 4.69) is 4.98 Å². The third-order valence-corrected chi connectivity index (χ3v) is 4.01. The van der Waals surface area contributed by atoms with Gasteiger partial charge in [0.25, 0.3) is 0 Å². The van der Waals surface area contributed by atoms with Crippen molar-refractivity contribution in [2.24, 2.45) is 11.5 Å². The van der Waals surface area contributed by atoms with E-state index < -0.39 is 11.9 Å². The number of nitrogens with zero attached hydrogens (tertiary/aromatic N) is 1. The number of aromatic amines is 1. The summed E-state index contributed by atoms with van der Waals surface area (Å²) >= 11 is 0. The van der Waals surface area contributed by atoms with Gasteiger partial charge in [-0.05, 0) is 11.6 Å². The van der Waals surface area contributed by atoms with Gasteiger partial charge in [0.05, 0.1) is 6.54 Å². The second kappa shape index (κ2) is 5.21. The molecule has 0 saturated heterocycles. The van der Waals surface area contributed by atoms with Crippen LogP contribution in [0.5, 0.6) is 0 Å². The standard InChI is InChI=1S/C15H18N4O2/c16-6-5-14(20)19-8-12-10(7-13(19)15(17)21)9-3-1-2-4-11(9)18-12/h1-4,13,18H,5-8,16H2,(H2,17,21). The zero-order chi connectivity index (χ0) is 15.0. The molecule has 0 fully saturated rings. The molecule has 2 heterocycles. The number of nitrogens with one attached hydrogen (secondary N) is 1. The average Bonchev–Trinajstić information content (AvgIpc) is 2.83. The van der Waals surface area contributed by atoms with Gasteiger partial charge in [0, 0.05) is 36.0 Å². The average molecular weight is 286 g/mol. The first-order valence-corrected chi connectivity index (χ1v) is 6.99. The predicted molar refractivity (Wildman–Crippen MR) is 79.2 cm³/mol. The summed E-state index contributed by atoms with van der Waals surface area (Å²) in [5.74, 6) is -0.609. The molecule has 21 heavy (non-hydrogen) atoms. The topological polar surface area (TPSA) is 105 Å². The number of benzene rings is 1. The highest BCUT2D eigenvalue weighted by atomic mass is 16.2. The highest BCUT2D eigenvalue weighted by molar-refractivity contribution is 5.91. The summed E-state index contributed by atoms with van der Waals surface area (Å²) < 4.78 is 0. The van der Waals surface area contributed by atoms with Gasteiger partial charge in [-0.3, -0.25) is 9.59 Å². The molecule has 6 nitrogen and oxygen atoms in total. The smallest absolute Gasteiger partial charge is 0.240 e. The lowest BCUT2D eigenvalue weighted by molar-refractivity contribution is -0.140. The van der Waals surface area contributed by atoms with E-state index in [1.165, 1.54) is 4.90 Å². The largest absolute Gasteiger partial charge is 0.368 e. The van der Waals surface area contributed by atoms with Crippen LogP contribution in [-0.2, 0) is 22.6 Å². The molecule has 1 aliphatic rings. The maximum Gasteiger partial charge on any atom is 0.240 e. The summed E-state index contributed by atoms with van der Waals surface area (Å²) in [6.07, 6.45) is 0.671. The Morgan fingerprint density at radius 1 is 1.33 bits per heavy atom. The second-order valence-electron chi connectivity index (χ2n) is 5.31. The lowest BCUT2D eigenvalue weighted by Gasteiger charge is -2.33. The molecule has 2 amide bonds. The summed E-state index contributed by atoms with van der Waals surface area (Å²) in [5.41, 5.74) is 14.0. The Balaban J connectivity index is 2.03. The number of amides is 2. The minimum atomic E-state index is -0.601. The number of hydrogen-bond donors (Lipinski definition) is 3. The SMILES string of the molecule is NCCC(=O)N1Cc2[nH]c3ccccc3c2CC1C(N)=O. The first-order chi connectivity index (χ1) is 10.1. The van der Waals surface area contributed by atoms with Gasteiger partial charge in [-0.2, -0.15) is 0 Å². The number of carbonyl (C=O) groups is 2. The van der Waals surface area contributed by atoms with Crippen molar-refractivity contribution >= 4 is 22.7 Å². The van der Waals surface area contributed by atoms with Crippen LogP contribution >= 0.6 is 0 Å². The normalized spacial score (nSPS) is 17.8. The zero-order valence-corrected chi connectivity index (χ0v) is 11.6. The van der Waals surface area contributed by atoms with Gasteiger partial charge >= 0.3 is 0 Å². The fourth-order valence-electron chi connectivity index (χ4n) is 2.99. The van der Waals surface area contributed by atoms with E-state index >= 15 is 0 Å². The Bertz CT molecular complexity index is 707. The van der Waals surface area contributed by atoms with Crippen LogP contribution in [0, 0.1) is 0 Å². The fourth-order valence-corrected chi connectivity index (χ4v) is 2.99. The minimum absolute atomic E-state index is 0.134. The van der Waals surface area contributed by atoms with Gasteiger partial charge in [-0.25, -0.2) is 0 Å². The van der Waals surface area contributed by atoms with E-state index in [1.807, 2.05) is 24.3 Å². The molecule has 110 valence electrons. The van der Waals surface area contributed by atoms with Crippen molar-refractivity contribution in [3.8, 4) is 0 Å².